The Bertz CT molecular complexity index is 806. The van der Waals surface area contributed by atoms with Gasteiger partial charge < -0.3 is 24.3 Å². The highest BCUT2D eigenvalue weighted by Gasteiger charge is 2.22. The number of esters is 1. The van der Waals surface area contributed by atoms with Crippen LogP contribution in [0.2, 0.25) is 0 Å². The maximum atomic E-state index is 12.4. The highest BCUT2D eigenvalue weighted by Crippen LogP contribution is 2.39. The van der Waals surface area contributed by atoms with Crippen LogP contribution in [-0.2, 0) is 9.53 Å². The second-order valence-electron chi connectivity index (χ2n) is 6.07. The third-order valence-electron chi connectivity index (χ3n) is 4.23. The molecule has 7 nitrogen and oxygen atoms in total. The minimum Gasteiger partial charge on any atom is -0.493 e. The van der Waals surface area contributed by atoms with Gasteiger partial charge in [0.1, 0.15) is 5.56 Å². The molecule has 0 unspecified atom stereocenters. The number of methoxy groups -OCH3 is 3. The summed E-state index contributed by atoms with van der Waals surface area (Å²) in [5, 5.41) is 2.77. The van der Waals surface area contributed by atoms with E-state index in [1.807, 2.05) is 37.3 Å². The molecule has 0 saturated heterocycles. The van der Waals surface area contributed by atoms with Crippen LogP contribution in [0, 0.1) is 0 Å². The van der Waals surface area contributed by atoms with Gasteiger partial charge in [-0.25, -0.2) is 4.79 Å². The standard InChI is InChI=1S/C21H25NO6/c1-14(15-8-6-5-7-9-15)12-22-18(23)13-28-21(24)16-10-11-17(25-2)20(27-4)19(16)26-3/h5-11,14H,12-13H2,1-4H3,(H,22,23)/t14-/m0/s1. The molecule has 0 fully saturated rings. The summed E-state index contributed by atoms with van der Waals surface area (Å²) in [6.07, 6.45) is 0. The van der Waals surface area contributed by atoms with Gasteiger partial charge in [-0.2, -0.15) is 0 Å². The monoisotopic (exact) mass is 387 g/mol. The molecule has 28 heavy (non-hydrogen) atoms. The topological polar surface area (TPSA) is 83.1 Å². The number of ether oxygens (including phenoxy) is 4. The number of benzene rings is 2. The molecule has 0 aromatic heterocycles. The van der Waals surface area contributed by atoms with Crippen LogP contribution in [-0.4, -0.2) is 46.4 Å². The Morgan fingerprint density at radius 2 is 1.61 bits per heavy atom. The van der Waals surface area contributed by atoms with Gasteiger partial charge in [-0.15, -0.1) is 0 Å². The molecular weight excluding hydrogens is 362 g/mol. The lowest BCUT2D eigenvalue weighted by atomic mass is 10.0. The van der Waals surface area contributed by atoms with E-state index in [1.54, 1.807) is 6.07 Å². The Morgan fingerprint density at radius 1 is 0.929 bits per heavy atom. The predicted octanol–water partition coefficient (Wildman–Crippen LogP) is 2.79. The Hall–Kier alpha value is -3.22. The minimum atomic E-state index is -0.691. The zero-order chi connectivity index (χ0) is 20.5. The molecule has 0 radical (unpaired) electrons. The average Bonchev–Trinajstić information content (AvgIpc) is 2.74. The van der Waals surface area contributed by atoms with Crippen molar-refractivity contribution in [3.63, 3.8) is 0 Å². The maximum Gasteiger partial charge on any atom is 0.342 e. The SMILES string of the molecule is COc1ccc(C(=O)OCC(=O)NC[C@H](C)c2ccccc2)c(OC)c1OC. The van der Waals surface area contributed by atoms with E-state index >= 15 is 0 Å². The summed E-state index contributed by atoms with van der Waals surface area (Å²) >= 11 is 0. The van der Waals surface area contributed by atoms with Crippen LogP contribution in [0.3, 0.4) is 0 Å². The van der Waals surface area contributed by atoms with Crippen LogP contribution in [0.15, 0.2) is 42.5 Å². The van der Waals surface area contributed by atoms with Gasteiger partial charge in [0.25, 0.3) is 5.91 Å². The van der Waals surface area contributed by atoms with Gasteiger partial charge in [-0.3, -0.25) is 4.79 Å². The van der Waals surface area contributed by atoms with Gasteiger partial charge in [-0.05, 0) is 23.6 Å². The van der Waals surface area contributed by atoms with Crippen LogP contribution in [0.25, 0.3) is 0 Å². The highest BCUT2D eigenvalue weighted by molar-refractivity contribution is 5.95. The van der Waals surface area contributed by atoms with E-state index in [4.69, 9.17) is 18.9 Å². The van der Waals surface area contributed by atoms with E-state index in [0.717, 1.165) is 5.56 Å². The molecule has 1 atom stereocenters. The minimum absolute atomic E-state index is 0.144. The number of carbonyl (C=O) groups excluding carboxylic acids is 2. The highest BCUT2D eigenvalue weighted by atomic mass is 16.5. The number of carbonyl (C=O) groups is 2. The lowest BCUT2D eigenvalue weighted by Gasteiger charge is -2.15. The number of rotatable bonds is 9. The smallest absolute Gasteiger partial charge is 0.342 e. The second-order valence-corrected chi connectivity index (χ2v) is 6.07. The normalized spacial score (nSPS) is 11.3. The Morgan fingerprint density at radius 3 is 2.21 bits per heavy atom. The zero-order valence-electron chi connectivity index (χ0n) is 16.5. The third-order valence-corrected chi connectivity index (χ3v) is 4.23. The van der Waals surface area contributed by atoms with E-state index < -0.39 is 12.6 Å². The van der Waals surface area contributed by atoms with Crippen molar-refractivity contribution in [2.45, 2.75) is 12.8 Å². The van der Waals surface area contributed by atoms with Crippen LogP contribution in [0.5, 0.6) is 17.2 Å². The van der Waals surface area contributed by atoms with E-state index in [0.29, 0.717) is 12.3 Å². The zero-order valence-corrected chi connectivity index (χ0v) is 16.5. The largest absolute Gasteiger partial charge is 0.493 e. The van der Waals surface area contributed by atoms with Crippen molar-refractivity contribution in [1.82, 2.24) is 5.32 Å². The molecule has 0 saturated carbocycles. The Labute approximate surface area is 164 Å². The van der Waals surface area contributed by atoms with Gasteiger partial charge in [0.15, 0.2) is 18.1 Å². The molecule has 1 N–H and O–H groups in total. The maximum absolute atomic E-state index is 12.4. The molecule has 0 spiro atoms. The van der Waals surface area contributed by atoms with E-state index in [2.05, 4.69) is 5.32 Å². The number of hydrogen-bond acceptors (Lipinski definition) is 6. The number of nitrogens with one attached hydrogen (secondary N) is 1. The van der Waals surface area contributed by atoms with Gasteiger partial charge in [0.05, 0.1) is 21.3 Å². The molecular formula is C21H25NO6. The first kappa shape index (κ1) is 21.1. The first-order valence-corrected chi connectivity index (χ1v) is 8.79. The lowest BCUT2D eigenvalue weighted by Crippen LogP contribution is -2.31. The van der Waals surface area contributed by atoms with Crippen molar-refractivity contribution in [3.05, 3.63) is 53.6 Å². The molecule has 0 aliphatic carbocycles. The van der Waals surface area contributed by atoms with Gasteiger partial charge in [0, 0.05) is 6.54 Å². The summed E-state index contributed by atoms with van der Waals surface area (Å²) in [5.41, 5.74) is 1.26. The summed E-state index contributed by atoms with van der Waals surface area (Å²) in [5.74, 6) is -0.0412. The fourth-order valence-corrected chi connectivity index (χ4v) is 2.69. The first-order valence-electron chi connectivity index (χ1n) is 8.79. The van der Waals surface area contributed by atoms with Gasteiger partial charge in [-0.1, -0.05) is 37.3 Å². The van der Waals surface area contributed by atoms with E-state index in [1.165, 1.54) is 27.4 Å². The fraction of sp³-hybridized carbons (Fsp3) is 0.333. The molecule has 2 rings (SSSR count). The molecule has 0 aliphatic heterocycles. The summed E-state index contributed by atoms with van der Waals surface area (Å²) in [7, 11) is 4.33. The van der Waals surface area contributed by atoms with Crippen LogP contribution >= 0.6 is 0 Å². The Balaban J connectivity index is 1.94. The molecule has 0 aliphatic rings. The van der Waals surface area contributed by atoms with E-state index in [-0.39, 0.29) is 28.9 Å². The summed E-state index contributed by atoms with van der Waals surface area (Å²) in [6.45, 7) is 2.06. The lowest BCUT2D eigenvalue weighted by molar-refractivity contribution is -0.124. The van der Waals surface area contributed by atoms with Crippen molar-refractivity contribution in [2.75, 3.05) is 34.5 Å². The molecule has 0 heterocycles. The van der Waals surface area contributed by atoms with Crippen LogP contribution in [0.4, 0.5) is 0 Å². The van der Waals surface area contributed by atoms with Crippen molar-refractivity contribution < 1.29 is 28.5 Å². The third kappa shape index (κ3) is 5.16. The second kappa shape index (κ2) is 10.2. The van der Waals surface area contributed by atoms with Gasteiger partial charge >= 0.3 is 5.97 Å². The quantitative estimate of drug-likeness (QED) is 0.666. The molecule has 1 amide bonds. The summed E-state index contributed by atoms with van der Waals surface area (Å²) < 4.78 is 20.8. The fourth-order valence-electron chi connectivity index (χ4n) is 2.69. The molecule has 2 aromatic rings. The molecule has 0 bridgehead atoms. The van der Waals surface area contributed by atoms with Crippen LogP contribution in [0.1, 0.15) is 28.8 Å². The molecule has 7 heteroatoms. The molecule has 150 valence electrons. The van der Waals surface area contributed by atoms with Crippen molar-refractivity contribution >= 4 is 11.9 Å². The predicted molar refractivity (Wildman–Crippen MR) is 104 cm³/mol. The van der Waals surface area contributed by atoms with Crippen LogP contribution < -0.4 is 19.5 Å². The Kier molecular flexibility index (Phi) is 7.68. The van der Waals surface area contributed by atoms with Gasteiger partial charge in [0.2, 0.25) is 5.75 Å². The number of amides is 1. The first-order chi connectivity index (χ1) is 13.5. The van der Waals surface area contributed by atoms with E-state index in [9.17, 15) is 9.59 Å². The molecule has 2 aromatic carbocycles. The van der Waals surface area contributed by atoms with Crippen molar-refractivity contribution in [3.8, 4) is 17.2 Å². The van der Waals surface area contributed by atoms with Crippen molar-refractivity contribution in [1.29, 1.82) is 0 Å². The summed E-state index contributed by atoms with van der Waals surface area (Å²) in [6, 6.07) is 12.9. The average molecular weight is 387 g/mol. The summed E-state index contributed by atoms with van der Waals surface area (Å²) in [4.78, 5) is 24.4. The number of hydrogen-bond donors (Lipinski definition) is 1. The van der Waals surface area contributed by atoms with Crippen molar-refractivity contribution in [2.24, 2.45) is 0 Å².